The summed E-state index contributed by atoms with van der Waals surface area (Å²) >= 11 is 3.46. The van der Waals surface area contributed by atoms with Crippen molar-refractivity contribution in [1.29, 1.82) is 0 Å². The van der Waals surface area contributed by atoms with Crippen molar-refractivity contribution in [2.75, 3.05) is 16.8 Å². The molecule has 24 heavy (non-hydrogen) atoms. The summed E-state index contributed by atoms with van der Waals surface area (Å²) in [6, 6.07) is 13.0. The Hall–Kier alpha value is -2.14. The molecule has 1 aliphatic rings. The maximum atomic E-state index is 12.4. The van der Waals surface area contributed by atoms with Crippen LogP contribution in [0.3, 0.4) is 0 Å². The highest BCUT2D eigenvalue weighted by Gasteiger charge is 2.19. The summed E-state index contributed by atoms with van der Waals surface area (Å²) in [6.45, 7) is 2.75. The lowest BCUT2D eigenvalue weighted by Gasteiger charge is -2.26. The predicted molar refractivity (Wildman–Crippen MR) is 99.5 cm³/mol. The Morgan fingerprint density at radius 1 is 1.12 bits per heavy atom. The molecule has 3 rings (SSSR count). The summed E-state index contributed by atoms with van der Waals surface area (Å²) in [6.07, 6.45) is 2.58. The van der Waals surface area contributed by atoms with Crippen LogP contribution in [-0.4, -0.2) is 18.4 Å². The zero-order valence-corrected chi connectivity index (χ0v) is 15.1. The molecular formula is C19H19BrN2O2. The first-order chi connectivity index (χ1) is 11.5. The van der Waals surface area contributed by atoms with Gasteiger partial charge in [-0.3, -0.25) is 9.59 Å². The molecule has 2 aromatic rings. The number of amides is 2. The largest absolute Gasteiger partial charge is 0.321 e. The summed E-state index contributed by atoms with van der Waals surface area (Å²) in [5.41, 5.74) is 3.28. The van der Waals surface area contributed by atoms with E-state index in [1.165, 1.54) is 0 Å². The number of anilines is 2. The van der Waals surface area contributed by atoms with Gasteiger partial charge in [-0.1, -0.05) is 6.07 Å². The number of benzene rings is 2. The molecule has 2 aromatic carbocycles. The Kier molecular flexibility index (Phi) is 5.00. The van der Waals surface area contributed by atoms with Gasteiger partial charge in [-0.05, 0) is 77.7 Å². The number of hydrogen-bond donors (Lipinski definition) is 1. The van der Waals surface area contributed by atoms with E-state index < -0.39 is 0 Å². The number of hydrogen-bond acceptors (Lipinski definition) is 2. The molecule has 124 valence electrons. The lowest BCUT2D eigenvalue weighted by atomic mass is 10.1. The fourth-order valence-electron chi connectivity index (χ4n) is 2.79. The summed E-state index contributed by atoms with van der Waals surface area (Å²) in [7, 11) is 0. The molecule has 0 atom stereocenters. The number of halogens is 1. The maximum absolute atomic E-state index is 12.4. The van der Waals surface area contributed by atoms with E-state index in [1.807, 2.05) is 37.3 Å². The Labute approximate surface area is 150 Å². The van der Waals surface area contributed by atoms with Crippen molar-refractivity contribution >= 4 is 39.1 Å². The fraction of sp³-hybridized carbons (Fsp3) is 0.263. The summed E-state index contributed by atoms with van der Waals surface area (Å²) in [5.74, 6) is -0.0156. The van der Waals surface area contributed by atoms with Gasteiger partial charge in [0.15, 0.2) is 0 Å². The van der Waals surface area contributed by atoms with Crippen LogP contribution >= 0.6 is 15.9 Å². The zero-order valence-electron chi connectivity index (χ0n) is 13.5. The van der Waals surface area contributed by atoms with Crippen molar-refractivity contribution < 1.29 is 9.59 Å². The second-order valence-corrected chi connectivity index (χ2v) is 6.84. The highest BCUT2D eigenvalue weighted by Crippen LogP contribution is 2.25. The van der Waals surface area contributed by atoms with E-state index in [-0.39, 0.29) is 11.8 Å². The number of nitrogens with one attached hydrogen (secondary N) is 1. The number of carbonyl (C=O) groups is 2. The number of nitrogens with zero attached hydrogens (tertiary/aromatic N) is 1. The van der Waals surface area contributed by atoms with Crippen molar-refractivity contribution in [3.63, 3.8) is 0 Å². The maximum Gasteiger partial charge on any atom is 0.255 e. The first-order valence-corrected chi connectivity index (χ1v) is 8.82. The molecule has 0 radical (unpaired) electrons. The molecule has 0 aliphatic carbocycles. The van der Waals surface area contributed by atoms with E-state index in [2.05, 4.69) is 21.2 Å². The second-order valence-electron chi connectivity index (χ2n) is 5.99. The molecule has 1 saturated heterocycles. The smallest absolute Gasteiger partial charge is 0.255 e. The van der Waals surface area contributed by atoms with E-state index in [4.69, 9.17) is 0 Å². The highest BCUT2D eigenvalue weighted by atomic mass is 79.9. The van der Waals surface area contributed by atoms with Crippen molar-refractivity contribution in [1.82, 2.24) is 0 Å². The molecule has 0 unspecified atom stereocenters. The van der Waals surface area contributed by atoms with Crippen LogP contribution in [0.2, 0.25) is 0 Å². The Morgan fingerprint density at radius 2 is 1.88 bits per heavy atom. The normalized spacial score (nSPS) is 14.6. The van der Waals surface area contributed by atoms with Crippen LogP contribution in [0.15, 0.2) is 46.9 Å². The highest BCUT2D eigenvalue weighted by molar-refractivity contribution is 9.10. The molecule has 0 bridgehead atoms. The first-order valence-electron chi connectivity index (χ1n) is 8.02. The standard InChI is InChI=1S/C19H19BrN2O2/c1-13-5-10-17(16(20)12-13)21-19(24)14-6-8-15(9-7-14)22-11-3-2-4-18(22)23/h5-10,12H,2-4,11H2,1H3,(H,21,24). The van der Waals surface area contributed by atoms with Gasteiger partial charge in [-0.25, -0.2) is 0 Å². The van der Waals surface area contributed by atoms with Crippen LogP contribution in [0.1, 0.15) is 35.2 Å². The number of aryl methyl sites for hydroxylation is 1. The van der Waals surface area contributed by atoms with Crippen LogP contribution < -0.4 is 10.2 Å². The molecule has 1 aliphatic heterocycles. The van der Waals surface area contributed by atoms with Crippen molar-refractivity contribution in [3.05, 3.63) is 58.1 Å². The topological polar surface area (TPSA) is 49.4 Å². The average molecular weight is 387 g/mol. The van der Waals surface area contributed by atoms with Crippen LogP contribution in [0, 0.1) is 6.92 Å². The van der Waals surface area contributed by atoms with Crippen molar-refractivity contribution in [2.45, 2.75) is 26.2 Å². The summed E-state index contributed by atoms with van der Waals surface area (Å²) in [4.78, 5) is 26.1. The van der Waals surface area contributed by atoms with Crippen LogP contribution in [0.4, 0.5) is 11.4 Å². The van der Waals surface area contributed by atoms with Gasteiger partial charge in [0.2, 0.25) is 5.91 Å². The van der Waals surface area contributed by atoms with Gasteiger partial charge in [0, 0.05) is 28.7 Å². The Bertz CT molecular complexity index is 771. The molecule has 1 N–H and O–H groups in total. The van der Waals surface area contributed by atoms with Crippen LogP contribution in [0.5, 0.6) is 0 Å². The third-order valence-electron chi connectivity index (χ3n) is 4.14. The Balaban J connectivity index is 1.73. The summed E-state index contributed by atoms with van der Waals surface area (Å²) in [5, 5.41) is 2.90. The molecule has 5 heteroatoms. The fourth-order valence-corrected chi connectivity index (χ4v) is 3.38. The van der Waals surface area contributed by atoms with E-state index in [0.29, 0.717) is 12.0 Å². The van der Waals surface area contributed by atoms with Gasteiger partial charge < -0.3 is 10.2 Å². The average Bonchev–Trinajstić information content (AvgIpc) is 2.58. The van der Waals surface area contributed by atoms with Gasteiger partial charge in [-0.2, -0.15) is 0 Å². The number of piperidine rings is 1. The molecule has 2 amide bonds. The summed E-state index contributed by atoms with van der Waals surface area (Å²) < 4.78 is 0.853. The molecular weight excluding hydrogens is 368 g/mol. The molecule has 0 aromatic heterocycles. The third kappa shape index (κ3) is 3.67. The van der Waals surface area contributed by atoms with Crippen molar-refractivity contribution in [2.24, 2.45) is 0 Å². The third-order valence-corrected chi connectivity index (χ3v) is 4.79. The minimum atomic E-state index is -0.170. The minimum Gasteiger partial charge on any atom is -0.321 e. The second kappa shape index (κ2) is 7.18. The monoisotopic (exact) mass is 386 g/mol. The van der Waals surface area contributed by atoms with Gasteiger partial charge >= 0.3 is 0 Å². The van der Waals surface area contributed by atoms with Crippen LogP contribution in [-0.2, 0) is 4.79 Å². The minimum absolute atomic E-state index is 0.155. The van der Waals surface area contributed by atoms with E-state index in [1.54, 1.807) is 17.0 Å². The van der Waals surface area contributed by atoms with E-state index in [9.17, 15) is 9.59 Å². The lowest BCUT2D eigenvalue weighted by molar-refractivity contribution is -0.119. The number of rotatable bonds is 3. The van der Waals surface area contributed by atoms with Crippen molar-refractivity contribution in [3.8, 4) is 0 Å². The first kappa shape index (κ1) is 16.7. The Morgan fingerprint density at radius 3 is 2.54 bits per heavy atom. The van der Waals surface area contributed by atoms with E-state index in [0.717, 1.165) is 40.8 Å². The van der Waals surface area contributed by atoms with Gasteiger partial charge in [0.1, 0.15) is 0 Å². The molecule has 0 spiro atoms. The predicted octanol–water partition coefficient (Wildman–Crippen LogP) is 4.53. The lowest BCUT2D eigenvalue weighted by Crippen LogP contribution is -2.35. The molecule has 1 fully saturated rings. The number of carbonyl (C=O) groups excluding carboxylic acids is 2. The molecule has 0 saturated carbocycles. The molecule has 4 nitrogen and oxygen atoms in total. The van der Waals surface area contributed by atoms with Gasteiger partial charge in [0.05, 0.1) is 5.69 Å². The zero-order chi connectivity index (χ0) is 17.1. The van der Waals surface area contributed by atoms with Crippen LogP contribution in [0.25, 0.3) is 0 Å². The van der Waals surface area contributed by atoms with Gasteiger partial charge in [0.25, 0.3) is 5.91 Å². The van der Waals surface area contributed by atoms with E-state index >= 15 is 0 Å². The van der Waals surface area contributed by atoms with Gasteiger partial charge in [-0.15, -0.1) is 0 Å². The molecule has 1 heterocycles. The quantitative estimate of drug-likeness (QED) is 0.842. The SMILES string of the molecule is Cc1ccc(NC(=O)c2ccc(N3CCCCC3=O)cc2)c(Br)c1.